The maximum atomic E-state index is 11.8. The summed E-state index contributed by atoms with van der Waals surface area (Å²) in [6.45, 7) is 3.72. The predicted molar refractivity (Wildman–Crippen MR) is 96.6 cm³/mol. The third kappa shape index (κ3) is 19.7. The van der Waals surface area contributed by atoms with Crippen LogP contribution in [0.1, 0.15) is 32.6 Å². The summed E-state index contributed by atoms with van der Waals surface area (Å²) >= 11 is 0. The van der Waals surface area contributed by atoms with Crippen molar-refractivity contribution >= 4 is 29.9 Å². The maximum Gasteiger partial charge on any atom is 0.411 e. The number of unbranched alkanes of at least 4 members (excludes halogenated alkanes) is 1. The number of halogens is 4. The van der Waals surface area contributed by atoms with Gasteiger partial charge in [0.2, 0.25) is 0 Å². The van der Waals surface area contributed by atoms with Crippen LogP contribution in [0.5, 0.6) is 0 Å². The number of aliphatic imine (C=N–C) groups is 1. The molecule has 0 rings (SSSR count). The van der Waals surface area contributed by atoms with Gasteiger partial charge in [-0.15, -0.1) is 24.0 Å². The maximum absolute atomic E-state index is 11.8. The van der Waals surface area contributed by atoms with Gasteiger partial charge in [-0.25, -0.2) is 0 Å². The normalized spacial score (nSPS) is 12.0. The van der Waals surface area contributed by atoms with Gasteiger partial charge in [-0.1, -0.05) is 13.3 Å². The number of rotatable bonds is 12. The second-order valence-corrected chi connectivity index (χ2v) is 4.77. The third-order valence-corrected chi connectivity index (χ3v) is 2.65. The summed E-state index contributed by atoms with van der Waals surface area (Å²) in [4.78, 5) is 4.03. The number of nitrogens with zero attached hydrogens (tertiary/aromatic N) is 1. The standard InChI is InChI=1S/C14H28F3N3O2.HI/c1-3-4-9-21-10-5-7-19-13(18-2)20-8-6-11-22-12-14(15,16)17;/h3-12H2,1-2H3,(H2,18,19,20);1H. The van der Waals surface area contributed by atoms with Crippen molar-refractivity contribution in [1.29, 1.82) is 0 Å². The van der Waals surface area contributed by atoms with E-state index in [2.05, 4.69) is 27.3 Å². The lowest BCUT2D eigenvalue weighted by Crippen LogP contribution is -2.38. The molecule has 0 aliphatic carbocycles. The summed E-state index contributed by atoms with van der Waals surface area (Å²) < 4.78 is 45.5. The lowest BCUT2D eigenvalue weighted by Gasteiger charge is -2.12. The van der Waals surface area contributed by atoms with Crippen LogP contribution in [-0.4, -0.2) is 58.7 Å². The van der Waals surface area contributed by atoms with Crippen molar-refractivity contribution in [2.45, 2.75) is 38.8 Å². The van der Waals surface area contributed by atoms with E-state index in [4.69, 9.17) is 4.74 Å². The summed E-state index contributed by atoms with van der Waals surface area (Å²) in [7, 11) is 1.65. The molecule has 0 bridgehead atoms. The van der Waals surface area contributed by atoms with E-state index in [-0.39, 0.29) is 30.6 Å². The minimum absolute atomic E-state index is 0. The lowest BCUT2D eigenvalue weighted by atomic mass is 10.4. The molecule has 5 nitrogen and oxygen atoms in total. The van der Waals surface area contributed by atoms with Crippen LogP contribution in [0.4, 0.5) is 13.2 Å². The molecule has 0 fully saturated rings. The van der Waals surface area contributed by atoms with Gasteiger partial charge in [0, 0.05) is 40.0 Å². The highest BCUT2D eigenvalue weighted by atomic mass is 127. The highest BCUT2D eigenvalue weighted by Gasteiger charge is 2.27. The Kier molecular flexibility index (Phi) is 18.0. The van der Waals surface area contributed by atoms with Gasteiger partial charge in [0.05, 0.1) is 0 Å². The molecule has 0 radical (unpaired) electrons. The molecule has 0 aromatic heterocycles. The molecule has 9 heteroatoms. The summed E-state index contributed by atoms with van der Waals surface area (Å²) in [5.41, 5.74) is 0. The second-order valence-electron chi connectivity index (χ2n) is 4.77. The Hall–Kier alpha value is -0.290. The number of nitrogens with one attached hydrogen (secondary N) is 2. The fourth-order valence-electron chi connectivity index (χ4n) is 1.52. The van der Waals surface area contributed by atoms with Crippen LogP contribution in [-0.2, 0) is 9.47 Å². The van der Waals surface area contributed by atoms with Crippen LogP contribution < -0.4 is 10.6 Å². The van der Waals surface area contributed by atoms with E-state index < -0.39 is 12.8 Å². The summed E-state index contributed by atoms with van der Waals surface area (Å²) in [5.74, 6) is 0.629. The molecule has 0 aromatic rings. The Morgan fingerprint density at radius 2 is 1.48 bits per heavy atom. The van der Waals surface area contributed by atoms with Gasteiger partial charge < -0.3 is 20.1 Å². The zero-order valence-electron chi connectivity index (χ0n) is 13.9. The van der Waals surface area contributed by atoms with Gasteiger partial charge in [-0.2, -0.15) is 13.2 Å². The molecule has 0 saturated carbocycles. The van der Waals surface area contributed by atoms with E-state index in [1.807, 2.05) is 0 Å². The fourth-order valence-corrected chi connectivity index (χ4v) is 1.52. The number of ether oxygens (including phenoxy) is 2. The fraction of sp³-hybridized carbons (Fsp3) is 0.929. The minimum atomic E-state index is -4.26. The first-order valence-electron chi connectivity index (χ1n) is 7.66. The molecule has 2 N–H and O–H groups in total. The van der Waals surface area contributed by atoms with Gasteiger partial charge in [-0.3, -0.25) is 4.99 Å². The molecule has 0 spiro atoms. The van der Waals surface area contributed by atoms with Gasteiger partial charge in [0.1, 0.15) is 6.61 Å². The zero-order valence-corrected chi connectivity index (χ0v) is 16.2. The molecule has 0 atom stereocenters. The molecule has 0 aliphatic heterocycles. The molecule has 23 heavy (non-hydrogen) atoms. The number of alkyl halides is 3. The topological polar surface area (TPSA) is 54.9 Å². The van der Waals surface area contributed by atoms with Crippen molar-refractivity contribution in [3.8, 4) is 0 Å². The van der Waals surface area contributed by atoms with Crippen molar-refractivity contribution in [3.63, 3.8) is 0 Å². The predicted octanol–water partition coefficient (Wildman–Crippen LogP) is 2.95. The first kappa shape index (κ1) is 25.0. The zero-order chi connectivity index (χ0) is 16.7. The van der Waals surface area contributed by atoms with Gasteiger partial charge in [-0.05, 0) is 19.3 Å². The van der Waals surface area contributed by atoms with Crippen LogP contribution in [0.15, 0.2) is 4.99 Å². The molecular weight excluding hydrogens is 426 g/mol. The second kappa shape index (κ2) is 16.6. The molecule has 0 unspecified atom stereocenters. The molecule has 0 heterocycles. The van der Waals surface area contributed by atoms with Crippen LogP contribution >= 0.6 is 24.0 Å². The van der Waals surface area contributed by atoms with E-state index in [0.29, 0.717) is 25.5 Å². The van der Waals surface area contributed by atoms with Gasteiger partial charge in [0.25, 0.3) is 0 Å². The molecule has 0 amide bonds. The first-order valence-corrected chi connectivity index (χ1v) is 7.66. The summed E-state index contributed by atoms with van der Waals surface area (Å²) in [6, 6.07) is 0. The molecule has 0 aliphatic rings. The minimum Gasteiger partial charge on any atom is -0.381 e. The van der Waals surface area contributed by atoms with E-state index in [1.165, 1.54) is 0 Å². The third-order valence-electron chi connectivity index (χ3n) is 2.65. The monoisotopic (exact) mass is 455 g/mol. The Labute approximate surface area is 153 Å². The van der Waals surface area contributed by atoms with Crippen molar-refractivity contribution in [1.82, 2.24) is 10.6 Å². The Morgan fingerprint density at radius 3 is 1.96 bits per heavy atom. The van der Waals surface area contributed by atoms with Crippen LogP contribution in [0.2, 0.25) is 0 Å². The van der Waals surface area contributed by atoms with Gasteiger partial charge >= 0.3 is 6.18 Å². The quantitative estimate of drug-likeness (QED) is 0.206. The molecule has 0 aromatic carbocycles. The van der Waals surface area contributed by atoms with Crippen LogP contribution in [0, 0.1) is 0 Å². The molecule has 140 valence electrons. The Morgan fingerprint density at radius 1 is 0.957 bits per heavy atom. The van der Waals surface area contributed by atoms with Gasteiger partial charge in [0.15, 0.2) is 5.96 Å². The smallest absolute Gasteiger partial charge is 0.381 e. The van der Waals surface area contributed by atoms with Crippen molar-refractivity contribution in [2.24, 2.45) is 4.99 Å². The summed E-state index contributed by atoms with van der Waals surface area (Å²) in [5, 5.41) is 6.13. The summed E-state index contributed by atoms with van der Waals surface area (Å²) in [6.07, 6.45) is -0.700. The van der Waals surface area contributed by atoms with E-state index in [9.17, 15) is 13.2 Å². The van der Waals surface area contributed by atoms with E-state index in [0.717, 1.165) is 32.4 Å². The number of guanidine groups is 1. The largest absolute Gasteiger partial charge is 0.411 e. The lowest BCUT2D eigenvalue weighted by molar-refractivity contribution is -0.173. The first-order chi connectivity index (χ1) is 10.5. The van der Waals surface area contributed by atoms with Crippen molar-refractivity contribution in [3.05, 3.63) is 0 Å². The number of hydrogen-bond donors (Lipinski definition) is 2. The van der Waals surface area contributed by atoms with Crippen LogP contribution in [0.3, 0.4) is 0 Å². The average Bonchev–Trinajstić information content (AvgIpc) is 2.46. The van der Waals surface area contributed by atoms with Crippen LogP contribution in [0.25, 0.3) is 0 Å². The molecular formula is C14H29F3IN3O2. The highest BCUT2D eigenvalue weighted by Crippen LogP contribution is 2.14. The molecule has 0 saturated heterocycles. The average molecular weight is 455 g/mol. The number of hydrogen-bond acceptors (Lipinski definition) is 3. The van der Waals surface area contributed by atoms with Crippen molar-refractivity contribution in [2.75, 3.05) is 46.6 Å². The highest BCUT2D eigenvalue weighted by molar-refractivity contribution is 14.0. The Balaban J connectivity index is 0. The Bertz CT molecular complexity index is 293. The van der Waals surface area contributed by atoms with E-state index >= 15 is 0 Å². The SMILES string of the molecule is CCCCOCCCNC(=NC)NCCCOCC(F)(F)F.I. The van der Waals surface area contributed by atoms with Crippen molar-refractivity contribution < 1.29 is 22.6 Å². The van der Waals surface area contributed by atoms with E-state index in [1.54, 1.807) is 7.05 Å².